The van der Waals surface area contributed by atoms with Crippen molar-refractivity contribution in [3.8, 4) is 5.75 Å². The van der Waals surface area contributed by atoms with Crippen molar-refractivity contribution < 1.29 is 19.8 Å². The molecule has 0 fully saturated rings. The third-order valence-electron chi connectivity index (χ3n) is 2.92. The number of nitrogens with one attached hydrogen (secondary N) is 1. The summed E-state index contributed by atoms with van der Waals surface area (Å²) in [6.45, 7) is 3.87. The average molecular weight is 265 g/mol. The van der Waals surface area contributed by atoms with Gasteiger partial charge >= 0.3 is 5.97 Å². The van der Waals surface area contributed by atoms with Crippen LogP contribution in [0.5, 0.6) is 5.75 Å². The Morgan fingerprint density at radius 2 is 2.05 bits per heavy atom. The molecule has 1 amide bonds. The molecule has 0 saturated carbocycles. The van der Waals surface area contributed by atoms with Crippen molar-refractivity contribution in [1.29, 1.82) is 0 Å². The largest absolute Gasteiger partial charge is 0.507 e. The molecule has 1 rings (SSSR count). The summed E-state index contributed by atoms with van der Waals surface area (Å²) in [7, 11) is 0. The normalized spacial score (nSPS) is 11.9. The standard InChI is InChI=1S/C14H19NO4/c1-9-5-6-12(16)11(8-9)13(17)15-7-3-4-10(2)14(18)19/h5-6,8,10,16H,3-4,7H2,1-2H3,(H,15,17)(H,18,19). The molecule has 0 aliphatic heterocycles. The molecule has 0 aromatic heterocycles. The van der Waals surface area contributed by atoms with Gasteiger partial charge in [-0.3, -0.25) is 9.59 Å². The van der Waals surface area contributed by atoms with Gasteiger partial charge in [-0.25, -0.2) is 0 Å². The monoisotopic (exact) mass is 265 g/mol. The van der Waals surface area contributed by atoms with E-state index in [4.69, 9.17) is 5.11 Å². The fourth-order valence-electron chi connectivity index (χ4n) is 1.66. The molecule has 1 aromatic rings. The summed E-state index contributed by atoms with van der Waals surface area (Å²) in [6, 6.07) is 4.82. The molecule has 5 nitrogen and oxygen atoms in total. The number of phenols is 1. The predicted octanol–water partition coefficient (Wildman–Crippen LogP) is 1.93. The van der Waals surface area contributed by atoms with Crippen molar-refractivity contribution in [3.63, 3.8) is 0 Å². The van der Waals surface area contributed by atoms with E-state index < -0.39 is 11.9 Å². The van der Waals surface area contributed by atoms with Crippen LogP contribution in [-0.2, 0) is 4.79 Å². The maximum Gasteiger partial charge on any atom is 0.306 e. The Balaban J connectivity index is 2.43. The number of phenolic OH excluding ortho intramolecular Hbond substituents is 1. The van der Waals surface area contributed by atoms with Crippen molar-refractivity contribution >= 4 is 11.9 Å². The van der Waals surface area contributed by atoms with Gasteiger partial charge in [-0.1, -0.05) is 18.6 Å². The molecule has 1 aromatic carbocycles. The van der Waals surface area contributed by atoms with Crippen molar-refractivity contribution in [1.82, 2.24) is 5.32 Å². The SMILES string of the molecule is Cc1ccc(O)c(C(=O)NCCCC(C)C(=O)O)c1. The highest BCUT2D eigenvalue weighted by molar-refractivity contribution is 5.96. The van der Waals surface area contributed by atoms with Gasteiger partial charge in [0.05, 0.1) is 11.5 Å². The minimum Gasteiger partial charge on any atom is -0.507 e. The van der Waals surface area contributed by atoms with E-state index in [1.54, 1.807) is 19.1 Å². The highest BCUT2D eigenvalue weighted by atomic mass is 16.4. The summed E-state index contributed by atoms with van der Waals surface area (Å²) in [4.78, 5) is 22.4. The Hall–Kier alpha value is -2.04. The molecule has 0 spiro atoms. The lowest BCUT2D eigenvalue weighted by atomic mass is 10.1. The fourth-order valence-corrected chi connectivity index (χ4v) is 1.66. The number of carboxylic acids is 1. The maximum atomic E-state index is 11.8. The zero-order valence-electron chi connectivity index (χ0n) is 11.1. The van der Waals surface area contributed by atoms with Crippen LogP contribution in [0, 0.1) is 12.8 Å². The maximum absolute atomic E-state index is 11.8. The Kier molecular flexibility index (Phi) is 5.36. The first-order chi connectivity index (χ1) is 8.91. The van der Waals surface area contributed by atoms with Gasteiger partial charge in [0.25, 0.3) is 5.91 Å². The number of aromatic hydroxyl groups is 1. The molecule has 1 unspecified atom stereocenters. The van der Waals surface area contributed by atoms with E-state index in [1.165, 1.54) is 6.07 Å². The smallest absolute Gasteiger partial charge is 0.306 e. The first kappa shape index (κ1) is 15.0. The molecule has 0 aliphatic rings. The first-order valence-electron chi connectivity index (χ1n) is 6.22. The summed E-state index contributed by atoms with van der Waals surface area (Å²) in [5.41, 5.74) is 1.13. The zero-order valence-corrected chi connectivity index (χ0v) is 11.1. The third kappa shape index (κ3) is 4.62. The minimum absolute atomic E-state index is 0.0537. The number of benzene rings is 1. The predicted molar refractivity (Wildman–Crippen MR) is 71.2 cm³/mol. The number of carboxylic acid groups (broad SMARTS) is 1. The number of carbonyl (C=O) groups is 2. The molecule has 1 atom stereocenters. The van der Waals surface area contributed by atoms with Crippen LogP contribution in [0.15, 0.2) is 18.2 Å². The van der Waals surface area contributed by atoms with Gasteiger partial charge in [0, 0.05) is 6.54 Å². The van der Waals surface area contributed by atoms with Crippen LogP contribution in [0.2, 0.25) is 0 Å². The fraction of sp³-hybridized carbons (Fsp3) is 0.429. The summed E-state index contributed by atoms with van der Waals surface area (Å²) >= 11 is 0. The summed E-state index contributed by atoms with van der Waals surface area (Å²) in [6.07, 6.45) is 1.10. The van der Waals surface area contributed by atoms with Crippen LogP contribution in [0.3, 0.4) is 0 Å². The van der Waals surface area contributed by atoms with Gasteiger partial charge in [0.1, 0.15) is 5.75 Å². The summed E-state index contributed by atoms with van der Waals surface area (Å²) in [5, 5.41) is 21.0. The van der Waals surface area contributed by atoms with Crippen LogP contribution in [0.25, 0.3) is 0 Å². The van der Waals surface area contributed by atoms with Gasteiger partial charge in [0.2, 0.25) is 0 Å². The average Bonchev–Trinajstić information content (AvgIpc) is 2.36. The number of hydrogen-bond donors (Lipinski definition) is 3. The lowest BCUT2D eigenvalue weighted by Crippen LogP contribution is -2.25. The van der Waals surface area contributed by atoms with Crippen molar-refractivity contribution in [2.75, 3.05) is 6.54 Å². The molecule has 0 bridgehead atoms. The molecule has 0 heterocycles. The van der Waals surface area contributed by atoms with Crippen LogP contribution < -0.4 is 5.32 Å². The van der Waals surface area contributed by atoms with Crippen LogP contribution in [-0.4, -0.2) is 28.6 Å². The molecular formula is C14H19NO4. The molecule has 5 heteroatoms. The van der Waals surface area contributed by atoms with E-state index in [0.29, 0.717) is 19.4 Å². The lowest BCUT2D eigenvalue weighted by molar-refractivity contribution is -0.141. The van der Waals surface area contributed by atoms with Crippen LogP contribution in [0.4, 0.5) is 0 Å². The Morgan fingerprint density at radius 3 is 2.68 bits per heavy atom. The van der Waals surface area contributed by atoms with E-state index in [1.807, 2.05) is 6.92 Å². The summed E-state index contributed by atoms with van der Waals surface area (Å²) < 4.78 is 0. The van der Waals surface area contributed by atoms with Gasteiger partial charge < -0.3 is 15.5 Å². The zero-order chi connectivity index (χ0) is 14.4. The number of amides is 1. The van der Waals surface area contributed by atoms with Gasteiger partial charge in [-0.2, -0.15) is 0 Å². The van der Waals surface area contributed by atoms with Gasteiger partial charge in [0.15, 0.2) is 0 Å². The molecule has 3 N–H and O–H groups in total. The van der Waals surface area contributed by atoms with Gasteiger partial charge in [-0.05, 0) is 31.9 Å². The van der Waals surface area contributed by atoms with E-state index in [9.17, 15) is 14.7 Å². The lowest BCUT2D eigenvalue weighted by Gasteiger charge is -2.09. The molecule has 104 valence electrons. The number of aliphatic carboxylic acids is 1. The number of hydrogen-bond acceptors (Lipinski definition) is 3. The molecule has 19 heavy (non-hydrogen) atoms. The van der Waals surface area contributed by atoms with Crippen molar-refractivity contribution in [3.05, 3.63) is 29.3 Å². The second-order valence-corrected chi connectivity index (χ2v) is 4.66. The summed E-state index contributed by atoms with van der Waals surface area (Å²) in [5.74, 6) is -1.64. The van der Waals surface area contributed by atoms with Crippen molar-refractivity contribution in [2.24, 2.45) is 5.92 Å². The van der Waals surface area contributed by atoms with E-state index >= 15 is 0 Å². The molecular weight excluding hydrogens is 246 g/mol. The third-order valence-corrected chi connectivity index (χ3v) is 2.92. The van der Waals surface area contributed by atoms with E-state index in [0.717, 1.165) is 5.56 Å². The molecule has 0 aliphatic carbocycles. The van der Waals surface area contributed by atoms with E-state index in [-0.39, 0.29) is 17.2 Å². The number of aryl methyl sites for hydroxylation is 1. The number of carbonyl (C=O) groups excluding carboxylic acids is 1. The molecule has 0 radical (unpaired) electrons. The first-order valence-corrected chi connectivity index (χ1v) is 6.22. The Morgan fingerprint density at radius 1 is 1.37 bits per heavy atom. The van der Waals surface area contributed by atoms with Crippen LogP contribution >= 0.6 is 0 Å². The van der Waals surface area contributed by atoms with E-state index in [2.05, 4.69) is 5.32 Å². The quantitative estimate of drug-likeness (QED) is 0.686. The molecule has 0 saturated heterocycles. The Bertz CT molecular complexity index is 471. The minimum atomic E-state index is -0.831. The second kappa shape index (κ2) is 6.78. The van der Waals surface area contributed by atoms with Gasteiger partial charge in [-0.15, -0.1) is 0 Å². The number of rotatable bonds is 6. The highest BCUT2D eigenvalue weighted by Crippen LogP contribution is 2.17. The van der Waals surface area contributed by atoms with Crippen molar-refractivity contribution in [2.45, 2.75) is 26.7 Å². The topological polar surface area (TPSA) is 86.6 Å². The second-order valence-electron chi connectivity index (χ2n) is 4.66. The Labute approximate surface area is 112 Å². The highest BCUT2D eigenvalue weighted by Gasteiger charge is 2.12. The van der Waals surface area contributed by atoms with Crippen LogP contribution in [0.1, 0.15) is 35.7 Å².